The lowest BCUT2D eigenvalue weighted by atomic mass is 10.2. The Morgan fingerprint density at radius 3 is 2.85 bits per heavy atom. The smallest absolute Gasteiger partial charge is 0.0992 e. The zero-order valence-corrected chi connectivity index (χ0v) is 13.2. The number of rotatable bonds is 5. The summed E-state index contributed by atoms with van der Waals surface area (Å²) in [5.41, 5.74) is 3.81. The molecule has 104 valence electrons. The highest BCUT2D eigenvalue weighted by Crippen LogP contribution is 2.23. The monoisotopic (exact) mass is 332 g/mol. The Labute approximate surface area is 127 Å². The fourth-order valence-corrected chi connectivity index (χ4v) is 2.78. The van der Waals surface area contributed by atoms with Crippen molar-refractivity contribution < 1.29 is 0 Å². The SMILES string of the molecule is CCc1nn(CC)c(CNc2cccc(C#N)c2)c1Br. The van der Waals surface area contributed by atoms with Gasteiger partial charge in [0.25, 0.3) is 0 Å². The fraction of sp³-hybridized carbons (Fsp3) is 0.333. The van der Waals surface area contributed by atoms with E-state index in [0.29, 0.717) is 12.1 Å². The topological polar surface area (TPSA) is 53.6 Å². The Morgan fingerprint density at radius 2 is 2.20 bits per heavy atom. The Morgan fingerprint density at radius 1 is 1.40 bits per heavy atom. The van der Waals surface area contributed by atoms with Gasteiger partial charge in [-0.25, -0.2) is 0 Å². The first-order valence-electron chi connectivity index (χ1n) is 6.67. The standard InChI is InChI=1S/C15H17BrN4/c1-3-13-15(16)14(20(4-2)19-13)10-18-12-7-5-6-11(8-12)9-17/h5-8,18H,3-4,10H2,1-2H3. The van der Waals surface area contributed by atoms with Crippen LogP contribution < -0.4 is 5.32 Å². The third-order valence-electron chi connectivity index (χ3n) is 3.15. The normalized spacial score (nSPS) is 10.3. The van der Waals surface area contributed by atoms with Gasteiger partial charge in [-0.1, -0.05) is 13.0 Å². The summed E-state index contributed by atoms with van der Waals surface area (Å²) in [7, 11) is 0. The minimum Gasteiger partial charge on any atom is -0.379 e. The van der Waals surface area contributed by atoms with E-state index in [4.69, 9.17) is 5.26 Å². The molecule has 1 N–H and O–H groups in total. The van der Waals surface area contributed by atoms with E-state index in [0.717, 1.165) is 34.5 Å². The van der Waals surface area contributed by atoms with Gasteiger partial charge in [-0.15, -0.1) is 0 Å². The van der Waals surface area contributed by atoms with Gasteiger partial charge in [-0.2, -0.15) is 10.4 Å². The summed E-state index contributed by atoms with van der Waals surface area (Å²) in [4.78, 5) is 0. The molecule has 0 aliphatic rings. The minimum atomic E-state index is 0.660. The van der Waals surface area contributed by atoms with Crippen LogP contribution in [0.25, 0.3) is 0 Å². The van der Waals surface area contributed by atoms with Crippen LogP contribution in [0.15, 0.2) is 28.7 Å². The Balaban J connectivity index is 2.18. The van der Waals surface area contributed by atoms with E-state index in [-0.39, 0.29) is 0 Å². The van der Waals surface area contributed by atoms with Crippen LogP contribution in [0.5, 0.6) is 0 Å². The highest BCUT2D eigenvalue weighted by molar-refractivity contribution is 9.10. The first-order valence-corrected chi connectivity index (χ1v) is 7.47. The van der Waals surface area contributed by atoms with Gasteiger partial charge >= 0.3 is 0 Å². The molecule has 0 spiro atoms. The number of aryl methyl sites for hydroxylation is 2. The maximum absolute atomic E-state index is 8.91. The molecular formula is C15H17BrN4. The molecule has 5 heteroatoms. The molecule has 1 aromatic heterocycles. The number of hydrogen-bond donors (Lipinski definition) is 1. The molecule has 0 unspecified atom stereocenters. The van der Waals surface area contributed by atoms with Crippen molar-refractivity contribution >= 4 is 21.6 Å². The van der Waals surface area contributed by atoms with E-state index in [1.54, 1.807) is 6.07 Å². The Bertz CT molecular complexity index is 640. The van der Waals surface area contributed by atoms with E-state index in [1.165, 1.54) is 0 Å². The van der Waals surface area contributed by atoms with Gasteiger partial charge in [0.15, 0.2) is 0 Å². The molecule has 0 radical (unpaired) electrons. The Hall–Kier alpha value is -1.80. The summed E-state index contributed by atoms with van der Waals surface area (Å²) < 4.78 is 3.08. The molecule has 0 fully saturated rings. The lowest BCUT2D eigenvalue weighted by molar-refractivity contribution is 0.619. The van der Waals surface area contributed by atoms with Crippen molar-refractivity contribution in [2.24, 2.45) is 0 Å². The summed E-state index contributed by atoms with van der Waals surface area (Å²) in [6.07, 6.45) is 0.907. The van der Waals surface area contributed by atoms with Crippen LogP contribution in [0.3, 0.4) is 0 Å². The molecule has 1 heterocycles. The number of anilines is 1. The summed E-state index contributed by atoms with van der Waals surface area (Å²) in [5.74, 6) is 0. The molecule has 0 aliphatic carbocycles. The van der Waals surface area contributed by atoms with E-state index in [9.17, 15) is 0 Å². The molecule has 2 rings (SSSR count). The highest BCUT2D eigenvalue weighted by Gasteiger charge is 2.13. The molecule has 4 nitrogen and oxygen atoms in total. The number of aromatic nitrogens is 2. The molecule has 0 bridgehead atoms. The molecule has 0 amide bonds. The number of nitrogens with one attached hydrogen (secondary N) is 1. The van der Waals surface area contributed by atoms with Crippen LogP contribution in [0.4, 0.5) is 5.69 Å². The van der Waals surface area contributed by atoms with Crippen LogP contribution in [0, 0.1) is 11.3 Å². The van der Waals surface area contributed by atoms with E-state index < -0.39 is 0 Å². The van der Waals surface area contributed by atoms with Gasteiger partial charge in [-0.3, -0.25) is 4.68 Å². The van der Waals surface area contributed by atoms with Crippen molar-refractivity contribution in [1.82, 2.24) is 9.78 Å². The van der Waals surface area contributed by atoms with Crippen LogP contribution >= 0.6 is 15.9 Å². The molecule has 20 heavy (non-hydrogen) atoms. The maximum Gasteiger partial charge on any atom is 0.0992 e. The third kappa shape index (κ3) is 3.02. The lowest BCUT2D eigenvalue weighted by Crippen LogP contribution is -2.08. The zero-order valence-electron chi connectivity index (χ0n) is 11.7. The second-order valence-electron chi connectivity index (χ2n) is 4.42. The van der Waals surface area contributed by atoms with Crippen LogP contribution in [0.2, 0.25) is 0 Å². The number of benzene rings is 1. The number of nitrogens with zero attached hydrogens (tertiary/aromatic N) is 3. The average Bonchev–Trinajstić information content (AvgIpc) is 2.81. The number of hydrogen-bond acceptors (Lipinski definition) is 3. The molecular weight excluding hydrogens is 316 g/mol. The van der Waals surface area contributed by atoms with Gasteiger partial charge in [0.1, 0.15) is 0 Å². The van der Waals surface area contributed by atoms with Gasteiger partial charge in [-0.05, 0) is 47.5 Å². The fourth-order valence-electron chi connectivity index (χ4n) is 2.07. The summed E-state index contributed by atoms with van der Waals surface area (Å²) in [5, 5.41) is 16.8. The molecule has 2 aromatic rings. The summed E-state index contributed by atoms with van der Waals surface area (Å²) in [6, 6.07) is 9.63. The molecule has 0 saturated heterocycles. The highest BCUT2D eigenvalue weighted by atomic mass is 79.9. The summed E-state index contributed by atoms with van der Waals surface area (Å²) in [6.45, 7) is 5.70. The molecule has 1 aromatic carbocycles. The predicted molar refractivity (Wildman–Crippen MR) is 83.5 cm³/mol. The first-order chi connectivity index (χ1) is 9.69. The first kappa shape index (κ1) is 14.6. The van der Waals surface area contributed by atoms with Gasteiger partial charge in [0, 0.05) is 12.2 Å². The van der Waals surface area contributed by atoms with Crippen LogP contribution in [-0.2, 0) is 19.5 Å². The van der Waals surface area contributed by atoms with Crippen LogP contribution in [-0.4, -0.2) is 9.78 Å². The maximum atomic E-state index is 8.91. The predicted octanol–water partition coefficient (Wildman–Crippen LogP) is 3.71. The van der Waals surface area contributed by atoms with Gasteiger partial charge in [0.05, 0.1) is 34.0 Å². The van der Waals surface area contributed by atoms with Crippen molar-refractivity contribution in [3.63, 3.8) is 0 Å². The average molecular weight is 333 g/mol. The molecule has 0 aliphatic heterocycles. The number of nitriles is 1. The van der Waals surface area contributed by atoms with E-state index in [1.807, 2.05) is 22.9 Å². The van der Waals surface area contributed by atoms with Crippen molar-refractivity contribution in [3.8, 4) is 6.07 Å². The summed E-state index contributed by atoms with van der Waals surface area (Å²) >= 11 is 3.63. The van der Waals surface area contributed by atoms with Crippen molar-refractivity contribution in [1.29, 1.82) is 5.26 Å². The second kappa shape index (κ2) is 6.58. The van der Waals surface area contributed by atoms with Crippen molar-refractivity contribution in [3.05, 3.63) is 45.7 Å². The van der Waals surface area contributed by atoms with Crippen molar-refractivity contribution in [2.75, 3.05) is 5.32 Å². The second-order valence-corrected chi connectivity index (χ2v) is 5.22. The lowest BCUT2D eigenvalue weighted by Gasteiger charge is -2.09. The quantitative estimate of drug-likeness (QED) is 0.907. The third-order valence-corrected chi connectivity index (χ3v) is 4.06. The van der Waals surface area contributed by atoms with E-state index in [2.05, 4.69) is 46.3 Å². The van der Waals surface area contributed by atoms with Crippen molar-refractivity contribution in [2.45, 2.75) is 33.4 Å². The minimum absolute atomic E-state index is 0.660. The van der Waals surface area contributed by atoms with E-state index >= 15 is 0 Å². The largest absolute Gasteiger partial charge is 0.379 e. The zero-order chi connectivity index (χ0) is 14.5. The van der Waals surface area contributed by atoms with Gasteiger partial charge in [0.2, 0.25) is 0 Å². The Kier molecular flexibility index (Phi) is 4.80. The van der Waals surface area contributed by atoms with Crippen LogP contribution in [0.1, 0.15) is 30.8 Å². The molecule has 0 atom stereocenters. The molecule has 0 saturated carbocycles. The van der Waals surface area contributed by atoms with Gasteiger partial charge < -0.3 is 5.32 Å². The number of halogens is 1.